The van der Waals surface area contributed by atoms with E-state index in [1.54, 1.807) is 21.8 Å². The molecule has 1 aromatic heterocycles. The predicted octanol–water partition coefficient (Wildman–Crippen LogP) is 3.61. The third-order valence-electron chi connectivity index (χ3n) is 4.46. The summed E-state index contributed by atoms with van der Waals surface area (Å²) in [6, 6.07) is 17.4. The monoisotopic (exact) mass is 348 g/mol. The van der Waals surface area contributed by atoms with Crippen molar-refractivity contribution in [1.82, 2.24) is 14.7 Å². The first-order valence-electron chi connectivity index (χ1n) is 8.59. The summed E-state index contributed by atoms with van der Waals surface area (Å²) < 4.78 is 7.48. The number of hydrogen-bond donors (Lipinski definition) is 1. The van der Waals surface area contributed by atoms with Crippen LogP contribution in [0.5, 0.6) is 5.75 Å². The molecule has 6 heteroatoms. The molecule has 2 amide bonds. The second-order valence-electron chi connectivity index (χ2n) is 6.22. The zero-order valence-corrected chi connectivity index (χ0v) is 14.6. The van der Waals surface area contributed by atoms with E-state index in [-0.39, 0.29) is 6.03 Å². The molecule has 132 valence electrons. The van der Waals surface area contributed by atoms with Crippen molar-refractivity contribution < 1.29 is 9.53 Å². The van der Waals surface area contributed by atoms with Gasteiger partial charge in [0.2, 0.25) is 0 Å². The lowest BCUT2D eigenvalue weighted by molar-refractivity contribution is 0.200. The van der Waals surface area contributed by atoms with Gasteiger partial charge in [-0.25, -0.2) is 9.48 Å². The molecular formula is C20H20N4O2. The molecule has 0 unspecified atom stereocenters. The fourth-order valence-corrected chi connectivity index (χ4v) is 3.08. The zero-order valence-electron chi connectivity index (χ0n) is 14.6. The Morgan fingerprint density at radius 2 is 1.92 bits per heavy atom. The number of benzene rings is 2. The second kappa shape index (κ2) is 6.92. The lowest BCUT2D eigenvalue weighted by Gasteiger charge is -2.21. The molecule has 6 nitrogen and oxygen atoms in total. The number of rotatable bonds is 2. The van der Waals surface area contributed by atoms with E-state index in [0.29, 0.717) is 25.5 Å². The summed E-state index contributed by atoms with van der Waals surface area (Å²) in [6.45, 7) is 3.53. The van der Waals surface area contributed by atoms with E-state index in [0.717, 1.165) is 22.6 Å². The number of aromatic nitrogens is 2. The van der Waals surface area contributed by atoms with Crippen molar-refractivity contribution >= 4 is 11.8 Å². The second-order valence-corrected chi connectivity index (χ2v) is 6.22. The summed E-state index contributed by atoms with van der Waals surface area (Å²) in [7, 11) is 0. The van der Waals surface area contributed by atoms with E-state index in [9.17, 15) is 4.79 Å². The number of amides is 2. The van der Waals surface area contributed by atoms with Crippen LogP contribution in [0.2, 0.25) is 0 Å². The van der Waals surface area contributed by atoms with Gasteiger partial charge in [-0.05, 0) is 24.6 Å². The van der Waals surface area contributed by atoms with Gasteiger partial charge in [-0.1, -0.05) is 36.4 Å². The number of nitrogens with zero attached hydrogens (tertiary/aromatic N) is 3. The summed E-state index contributed by atoms with van der Waals surface area (Å²) in [5.74, 6) is 1.48. The Balaban J connectivity index is 1.55. The number of para-hydroxylation sites is 2. The molecule has 0 spiro atoms. The topological polar surface area (TPSA) is 59.4 Å². The number of carbonyl (C=O) groups is 1. The maximum absolute atomic E-state index is 12.8. The molecule has 4 rings (SSSR count). The molecule has 0 bridgehead atoms. The number of carbonyl (C=O) groups excluding carboxylic acids is 1. The van der Waals surface area contributed by atoms with E-state index in [2.05, 4.69) is 10.4 Å². The normalized spacial score (nSPS) is 13.5. The molecule has 0 saturated heterocycles. The minimum Gasteiger partial charge on any atom is -0.491 e. The van der Waals surface area contributed by atoms with Crippen molar-refractivity contribution in [3.63, 3.8) is 0 Å². The highest BCUT2D eigenvalue weighted by Crippen LogP contribution is 2.23. The standard InChI is InChI=1S/C20H20N4O2/c1-15-6-2-4-8-17(15)24-19(10-11-21-24)22-20(25)23-12-13-26-18-9-5-3-7-16(18)14-23/h2-11H,12-14H2,1H3,(H,22,25). The van der Waals surface area contributed by atoms with Crippen molar-refractivity contribution in [2.24, 2.45) is 0 Å². The van der Waals surface area contributed by atoms with Crippen LogP contribution in [0.3, 0.4) is 0 Å². The van der Waals surface area contributed by atoms with Crippen LogP contribution in [0.25, 0.3) is 5.69 Å². The van der Waals surface area contributed by atoms with Gasteiger partial charge < -0.3 is 9.64 Å². The van der Waals surface area contributed by atoms with Crippen LogP contribution in [0.1, 0.15) is 11.1 Å². The number of aryl methyl sites for hydroxylation is 1. The lowest BCUT2D eigenvalue weighted by Crippen LogP contribution is -2.36. The van der Waals surface area contributed by atoms with Gasteiger partial charge in [0.25, 0.3) is 0 Å². The summed E-state index contributed by atoms with van der Waals surface area (Å²) >= 11 is 0. The van der Waals surface area contributed by atoms with Crippen LogP contribution in [0.4, 0.5) is 10.6 Å². The molecule has 2 aromatic carbocycles. The molecule has 0 atom stereocenters. The smallest absolute Gasteiger partial charge is 0.323 e. The molecule has 2 heterocycles. The Morgan fingerprint density at radius 3 is 2.81 bits per heavy atom. The Morgan fingerprint density at radius 1 is 1.12 bits per heavy atom. The van der Waals surface area contributed by atoms with Gasteiger partial charge in [-0.3, -0.25) is 5.32 Å². The first kappa shape index (κ1) is 16.2. The Labute approximate surface area is 152 Å². The van der Waals surface area contributed by atoms with Gasteiger partial charge in [0.05, 0.1) is 25.0 Å². The third kappa shape index (κ3) is 3.13. The highest BCUT2D eigenvalue weighted by Gasteiger charge is 2.21. The number of anilines is 1. The van der Waals surface area contributed by atoms with Gasteiger partial charge in [0.1, 0.15) is 18.2 Å². The third-order valence-corrected chi connectivity index (χ3v) is 4.46. The van der Waals surface area contributed by atoms with E-state index in [1.165, 1.54) is 0 Å². The first-order chi connectivity index (χ1) is 12.7. The van der Waals surface area contributed by atoms with Crippen LogP contribution in [-0.2, 0) is 6.54 Å². The molecule has 0 fully saturated rings. The van der Waals surface area contributed by atoms with E-state index in [4.69, 9.17) is 4.74 Å². The fraction of sp³-hybridized carbons (Fsp3) is 0.200. The average Bonchev–Trinajstić information content (AvgIpc) is 2.98. The first-order valence-corrected chi connectivity index (χ1v) is 8.59. The minimum absolute atomic E-state index is 0.166. The maximum Gasteiger partial charge on any atom is 0.323 e. The molecule has 26 heavy (non-hydrogen) atoms. The zero-order chi connectivity index (χ0) is 17.9. The van der Waals surface area contributed by atoms with Crippen LogP contribution < -0.4 is 10.1 Å². The molecule has 3 aromatic rings. The predicted molar refractivity (Wildman–Crippen MR) is 99.7 cm³/mol. The summed E-state index contributed by atoms with van der Waals surface area (Å²) in [6.07, 6.45) is 1.68. The van der Waals surface area contributed by atoms with Gasteiger partial charge in [-0.15, -0.1) is 0 Å². The lowest BCUT2D eigenvalue weighted by atomic mass is 10.2. The Kier molecular flexibility index (Phi) is 4.31. The van der Waals surface area contributed by atoms with Crippen LogP contribution in [-0.4, -0.2) is 33.9 Å². The summed E-state index contributed by atoms with van der Waals surface area (Å²) in [5.41, 5.74) is 3.04. The number of hydrogen-bond acceptors (Lipinski definition) is 3. The van der Waals surface area contributed by atoms with Crippen LogP contribution in [0, 0.1) is 6.92 Å². The Hall–Kier alpha value is -3.28. The van der Waals surface area contributed by atoms with Gasteiger partial charge in [0.15, 0.2) is 0 Å². The average molecular weight is 348 g/mol. The van der Waals surface area contributed by atoms with E-state index >= 15 is 0 Å². The van der Waals surface area contributed by atoms with Crippen LogP contribution in [0.15, 0.2) is 60.8 Å². The molecule has 1 aliphatic rings. The van der Waals surface area contributed by atoms with Gasteiger partial charge >= 0.3 is 6.03 Å². The van der Waals surface area contributed by atoms with Crippen molar-refractivity contribution in [1.29, 1.82) is 0 Å². The molecule has 0 saturated carbocycles. The van der Waals surface area contributed by atoms with Crippen molar-refractivity contribution in [3.05, 3.63) is 71.9 Å². The summed E-state index contributed by atoms with van der Waals surface area (Å²) in [4.78, 5) is 14.6. The molecule has 1 N–H and O–H groups in total. The molecule has 1 aliphatic heterocycles. The highest BCUT2D eigenvalue weighted by atomic mass is 16.5. The number of ether oxygens (including phenoxy) is 1. The highest BCUT2D eigenvalue weighted by molar-refractivity contribution is 5.88. The number of urea groups is 1. The van der Waals surface area contributed by atoms with E-state index < -0.39 is 0 Å². The number of nitrogens with one attached hydrogen (secondary N) is 1. The Bertz CT molecular complexity index is 935. The van der Waals surface area contributed by atoms with Crippen molar-refractivity contribution in [3.8, 4) is 11.4 Å². The molecule has 0 radical (unpaired) electrons. The van der Waals surface area contributed by atoms with Gasteiger partial charge in [0, 0.05) is 11.6 Å². The molecule has 0 aliphatic carbocycles. The largest absolute Gasteiger partial charge is 0.491 e. The fourth-order valence-electron chi connectivity index (χ4n) is 3.08. The summed E-state index contributed by atoms with van der Waals surface area (Å²) in [5, 5.41) is 7.34. The maximum atomic E-state index is 12.8. The molecular weight excluding hydrogens is 328 g/mol. The quantitative estimate of drug-likeness (QED) is 0.770. The minimum atomic E-state index is -0.166. The van der Waals surface area contributed by atoms with Crippen molar-refractivity contribution in [2.75, 3.05) is 18.5 Å². The van der Waals surface area contributed by atoms with Crippen LogP contribution >= 0.6 is 0 Å². The van der Waals surface area contributed by atoms with E-state index in [1.807, 2.05) is 55.5 Å². The van der Waals surface area contributed by atoms with Crippen molar-refractivity contribution in [2.45, 2.75) is 13.5 Å². The van der Waals surface area contributed by atoms with Gasteiger partial charge in [-0.2, -0.15) is 5.10 Å². The SMILES string of the molecule is Cc1ccccc1-n1nccc1NC(=O)N1CCOc2ccccc2C1. The number of fused-ring (bicyclic) bond motifs is 1.